The zero-order chi connectivity index (χ0) is 59.2. The van der Waals surface area contributed by atoms with Crippen LogP contribution in [0.4, 0.5) is 0 Å². The third kappa shape index (κ3) is 10.0. The van der Waals surface area contributed by atoms with Crippen LogP contribution < -0.4 is 18.9 Å². The summed E-state index contributed by atoms with van der Waals surface area (Å²) in [5, 5.41) is 8.14. The number of hydrogen-bond acceptors (Lipinski definition) is 12. The van der Waals surface area contributed by atoms with Crippen molar-refractivity contribution in [1.29, 1.82) is 0 Å². The Kier molecular flexibility index (Phi) is 13.6. The predicted octanol–water partition coefficient (Wildman–Crippen LogP) is 17.0. The molecular formula is C72H56N12O4. The Bertz CT molecular complexity index is 5010. The largest absolute Gasteiger partial charge is 0.490 e. The molecule has 0 aliphatic rings. The summed E-state index contributed by atoms with van der Waals surface area (Å²) in [5.74, 6) is 2.41. The molecule has 0 radical (unpaired) electrons. The van der Waals surface area contributed by atoms with Crippen molar-refractivity contribution in [3.63, 3.8) is 0 Å². The van der Waals surface area contributed by atoms with Crippen molar-refractivity contribution in [2.75, 3.05) is 26.4 Å². The van der Waals surface area contributed by atoms with Gasteiger partial charge in [-0.15, -0.1) is 0 Å². The van der Waals surface area contributed by atoms with Crippen LogP contribution in [0.5, 0.6) is 23.0 Å². The highest BCUT2D eigenvalue weighted by atomic mass is 16.5. The van der Waals surface area contributed by atoms with Crippen molar-refractivity contribution in [2.45, 2.75) is 27.7 Å². The molecule has 7 aromatic heterocycles. The van der Waals surface area contributed by atoms with Gasteiger partial charge < -0.3 is 38.9 Å². The van der Waals surface area contributed by atoms with Crippen LogP contribution in [0, 0.1) is 0 Å². The molecule has 0 amide bonds. The van der Waals surface area contributed by atoms with Gasteiger partial charge in [-0.2, -0.15) is 0 Å². The van der Waals surface area contributed by atoms with Gasteiger partial charge in [-0.1, -0.05) is 48.5 Å². The smallest absolute Gasteiger partial charge is 0.163 e. The second kappa shape index (κ2) is 22.5. The number of ether oxygens (including phenoxy) is 4. The van der Waals surface area contributed by atoms with E-state index in [4.69, 9.17) is 58.8 Å². The minimum Gasteiger partial charge on any atom is -0.490 e. The number of benzene rings is 8. The molecule has 0 spiro atoms. The lowest BCUT2D eigenvalue weighted by molar-refractivity contribution is 0.288. The van der Waals surface area contributed by atoms with Gasteiger partial charge in [0, 0.05) is 45.8 Å². The molecule has 4 N–H and O–H groups in total. The molecule has 0 saturated heterocycles. The fourth-order valence-corrected chi connectivity index (χ4v) is 11.5. The van der Waals surface area contributed by atoms with E-state index in [-0.39, 0.29) is 0 Å². The molecule has 8 aromatic carbocycles. The first-order chi connectivity index (χ1) is 43.3. The van der Waals surface area contributed by atoms with Crippen LogP contribution in [0.1, 0.15) is 27.7 Å². The Balaban J connectivity index is 0.985. The molecule has 0 aliphatic carbocycles. The molecule has 0 saturated carbocycles. The van der Waals surface area contributed by atoms with Crippen LogP contribution in [-0.4, -0.2) is 86.2 Å². The molecule has 16 nitrogen and oxygen atoms in total. The molecule has 0 fully saturated rings. The summed E-state index contributed by atoms with van der Waals surface area (Å²) in [7, 11) is 0. The summed E-state index contributed by atoms with van der Waals surface area (Å²) in [6, 6.07) is 57.0. The number of nitrogens with zero attached hydrogens (tertiary/aromatic N) is 8. The van der Waals surface area contributed by atoms with E-state index in [0.29, 0.717) is 93.6 Å². The Morgan fingerprint density at radius 3 is 0.761 bits per heavy atom. The molecule has 88 heavy (non-hydrogen) atoms. The molecular weight excluding hydrogens is 1100 g/mol. The van der Waals surface area contributed by atoms with Gasteiger partial charge in [0.2, 0.25) is 0 Å². The minimum absolute atomic E-state index is 0.465. The number of H-pyrrole nitrogens is 4. The van der Waals surface area contributed by atoms with Crippen molar-refractivity contribution in [3.05, 3.63) is 195 Å². The van der Waals surface area contributed by atoms with Gasteiger partial charge in [-0.05, 0) is 146 Å². The lowest BCUT2D eigenvalue weighted by Crippen LogP contribution is -1.99. The van der Waals surface area contributed by atoms with Gasteiger partial charge >= 0.3 is 0 Å². The number of fused-ring (bicyclic) bond motifs is 16. The topological polar surface area (TPSA) is 203 Å². The maximum absolute atomic E-state index is 6.05. The molecule has 0 atom stereocenters. The monoisotopic (exact) mass is 1150 g/mol. The van der Waals surface area contributed by atoms with Crippen LogP contribution in [0.2, 0.25) is 0 Å². The highest BCUT2D eigenvalue weighted by Gasteiger charge is 2.15. The molecule has 15 rings (SSSR count). The van der Waals surface area contributed by atoms with Gasteiger partial charge in [0.15, 0.2) is 23.0 Å². The van der Waals surface area contributed by atoms with Crippen LogP contribution in [0.15, 0.2) is 195 Å². The Morgan fingerprint density at radius 1 is 0.273 bits per heavy atom. The van der Waals surface area contributed by atoms with Crippen molar-refractivity contribution < 1.29 is 18.9 Å². The first-order valence-electron chi connectivity index (χ1n) is 29.4. The third-order valence-corrected chi connectivity index (χ3v) is 15.6. The van der Waals surface area contributed by atoms with Crippen LogP contribution in [0.3, 0.4) is 0 Å². The number of nitrogens with one attached hydrogen (secondary N) is 4. The zero-order valence-electron chi connectivity index (χ0n) is 48.5. The van der Waals surface area contributed by atoms with Crippen molar-refractivity contribution >= 4 is 153 Å². The van der Waals surface area contributed by atoms with Gasteiger partial charge in [0.1, 0.15) is 22.1 Å². The minimum atomic E-state index is 0.465. The number of rotatable bonds is 8. The molecule has 0 unspecified atom stereocenters. The van der Waals surface area contributed by atoms with E-state index < -0.39 is 0 Å². The average molecular weight is 1150 g/mol. The maximum Gasteiger partial charge on any atom is 0.163 e. The first kappa shape index (κ1) is 53.2. The lowest BCUT2D eigenvalue weighted by Gasteiger charge is -2.12. The fraction of sp³-hybridized carbons (Fsp3) is 0.111. The van der Waals surface area contributed by atoms with Crippen LogP contribution >= 0.6 is 0 Å². The highest BCUT2D eigenvalue weighted by Crippen LogP contribution is 2.36. The van der Waals surface area contributed by atoms with E-state index >= 15 is 0 Å². The fourth-order valence-electron chi connectivity index (χ4n) is 11.5. The van der Waals surface area contributed by atoms with Gasteiger partial charge in [-0.3, -0.25) is 19.9 Å². The summed E-state index contributed by atoms with van der Waals surface area (Å²) in [6.45, 7) is 9.66. The van der Waals surface area contributed by atoms with E-state index in [1.165, 1.54) is 0 Å². The molecule has 16 heteroatoms. The zero-order valence-corrected chi connectivity index (χ0v) is 48.5. The lowest BCUT2D eigenvalue weighted by atomic mass is 10.0. The van der Waals surface area contributed by atoms with E-state index in [2.05, 4.69) is 68.5 Å². The highest BCUT2D eigenvalue weighted by molar-refractivity contribution is 6.11. The van der Waals surface area contributed by atoms with Gasteiger partial charge in [0.05, 0.1) is 139 Å². The summed E-state index contributed by atoms with van der Waals surface area (Å²) in [4.78, 5) is 56.0. The standard InChI is InChI=1S/C72H56N12O4/c1-5-85-65-33-61-62(34-66(65)86-6-2)82-70-58-26-22-46(78-58)38-74-54-18-10-14-42-30-44-16-12-20-56(52(44)32-50(42)54)76-40-48-24-28-60(80-48)72-71(83-63-35-67(87-7-3)68(88-8-4)36-64(63)84-72)59-27-23-47(79-59)39-75-55-19-11-15-43-29-41-13-9-17-53(49(41)31-51(43)55)73-37-45-21-25-57(77-45)69(70)81-61/h9-40,77-80H,5-8H2,1-4H3. The molecule has 7 heterocycles. The molecule has 12 bridgehead atoms. The van der Waals surface area contributed by atoms with Crippen LogP contribution in [0.25, 0.3) is 153 Å². The number of aromatic nitrogens is 12. The second-order valence-electron chi connectivity index (χ2n) is 21.2. The third-order valence-electron chi connectivity index (χ3n) is 15.6. The normalized spacial score (nSPS) is 11.6. The van der Waals surface area contributed by atoms with E-state index in [1.807, 2.05) is 174 Å². The van der Waals surface area contributed by atoms with Gasteiger partial charge in [0.25, 0.3) is 0 Å². The summed E-state index contributed by atoms with van der Waals surface area (Å²) in [5.41, 5.74) is 14.5. The van der Waals surface area contributed by atoms with E-state index in [9.17, 15) is 0 Å². The number of hydrogen-bond donors (Lipinski definition) is 4. The molecule has 15 aromatic rings. The van der Waals surface area contributed by atoms with Crippen LogP contribution in [-0.2, 0) is 0 Å². The summed E-state index contributed by atoms with van der Waals surface area (Å²) < 4.78 is 24.2. The Hall–Kier alpha value is -11.5. The Morgan fingerprint density at radius 2 is 0.523 bits per heavy atom. The molecule has 428 valence electrons. The quantitative estimate of drug-likeness (QED) is 0.105. The molecule has 0 aliphatic heterocycles. The summed E-state index contributed by atoms with van der Waals surface area (Å²) in [6.07, 6.45) is 7.39. The van der Waals surface area contributed by atoms with E-state index in [0.717, 1.165) is 109 Å². The van der Waals surface area contributed by atoms with Crippen molar-refractivity contribution in [1.82, 2.24) is 59.8 Å². The number of aromatic amines is 4. The predicted molar refractivity (Wildman–Crippen MR) is 355 cm³/mol. The second-order valence-corrected chi connectivity index (χ2v) is 21.2. The van der Waals surface area contributed by atoms with Crippen molar-refractivity contribution in [2.24, 2.45) is 0 Å². The average Bonchev–Trinajstić information content (AvgIpc) is 1.66. The first-order valence-corrected chi connectivity index (χ1v) is 29.4. The summed E-state index contributed by atoms with van der Waals surface area (Å²) >= 11 is 0. The maximum atomic E-state index is 6.05. The van der Waals surface area contributed by atoms with E-state index in [1.54, 1.807) is 0 Å². The Labute approximate surface area is 501 Å². The SMILES string of the molecule is CCOc1cc2nc3c4ccc(cnc5cccc6cc7cccc(ncc8ccc([nH]8)c8nc9cc(OCC)c(OCC)cc9nc8c8ccc(cnc9cccc%10cc%11cccc(ncc%12ccc([nH]%12)c3nc2cc1OCC)c%11cc%109)[nH]8)c7cc65)[nH]4. The van der Waals surface area contributed by atoms with Gasteiger partial charge in [-0.25, -0.2) is 19.9 Å². The van der Waals surface area contributed by atoms with Crippen molar-refractivity contribution in [3.8, 4) is 23.0 Å².